The van der Waals surface area contributed by atoms with Gasteiger partial charge in [-0.25, -0.2) is 0 Å². The van der Waals surface area contributed by atoms with E-state index in [0.29, 0.717) is 16.3 Å². The maximum Gasteiger partial charge on any atom is 0.257 e. The zero-order chi connectivity index (χ0) is 14.7. The van der Waals surface area contributed by atoms with Crippen molar-refractivity contribution in [2.45, 2.75) is 13.3 Å². The van der Waals surface area contributed by atoms with Crippen molar-refractivity contribution < 1.29 is 4.79 Å². The van der Waals surface area contributed by atoms with Gasteiger partial charge in [0.1, 0.15) is 0 Å². The van der Waals surface area contributed by atoms with Crippen LogP contribution in [0.1, 0.15) is 22.8 Å². The highest BCUT2D eigenvalue weighted by atomic mass is 127. The van der Waals surface area contributed by atoms with Crippen LogP contribution < -0.4 is 11.1 Å². The fourth-order valence-electron chi connectivity index (χ4n) is 1.88. The number of amides is 1. The molecule has 5 heteroatoms. The Bertz CT molecular complexity index is 658. The van der Waals surface area contributed by atoms with Gasteiger partial charge >= 0.3 is 0 Å². The van der Waals surface area contributed by atoms with Crippen molar-refractivity contribution >= 4 is 51.5 Å². The lowest BCUT2D eigenvalue weighted by molar-refractivity contribution is 0.102. The molecule has 0 heterocycles. The molecule has 20 heavy (non-hydrogen) atoms. The molecule has 2 aromatic rings. The summed E-state index contributed by atoms with van der Waals surface area (Å²) >= 11 is 8.29. The van der Waals surface area contributed by atoms with E-state index >= 15 is 0 Å². The van der Waals surface area contributed by atoms with Gasteiger partial charge in [-0.15, -0.1) is 0 Å². The molecule has 0 fully saturated rings. The molecule has 0 aliphatic rings. The first-order valence-corrected chi connectivity index (χ1v) is 7.61. The fourth-order valence-corrected chi connectivity index (χ4v) is 2.64. The Morgan fingerprint density at radius 2 is 2.05 bits per heavy atom. The van der Waals surface area contributed by atoms with Gasteiger partial charge in [0.25, 0.3) is 5.91 Å². The van der Waals surface area contributed by atoms with Gasteiger partial charge in [-0.05, 0) is 71.0 Å². The van der Waals surface area contributed by atoms with Crippen molar-refractivity contribution in [3.8, 4) is 0 Å². The monoisotopic (exact) mass is 400 g/mol. The van der Waals surface area contributed by atoms with Crippen molar-refractivity contribution in [2.75, 3.05) is 11.1 Å². The predicted molar refractivity (Wildman–Crippen MR) is 92.4 cm³/mol. The zero-order valence-corrected chi connectivity index (χ0v) is 13.8. The number of aryl methyl sites for hydroxylation is 1. The van der Waals surface area contributed by atoms with Gasteiger partial charge in [-0.3, -0.25) is 4.79 Å². The van der Waals surface area contributed by atoms with Gasteiger partial charge in [-0.2, -0.15) is 0 Å². The van der Waals surface area contributed by atoms with E-state index < -0.39 is 0 Å². The summed E-state index contributed by atoms with van der Waals surface area (Å²) in [4.78, 5) is 12.3. The molecule has 0 saturated heterocycles. The third-order valence-corrected chi connectivity index (χ3v) is 3.93. The molecule has 0 radical (unpaired) electrons. The second kappa shape index (κ2) is 6.45. The maximum absolute atomic E-state index is 12.3. The first kappa shape index (κ1) is 15.1. The van der Waals surface area contributed by atoms with E-state index in [-0.39, 0.29) is 5.91 Å². The molecular weight excluding hydrogens is 387 g/mol. The number of halogens is 2. The van der Waals surface area contributed by atoms with E-state index in [1.165, 1.54) is 0 Å². The average molecular weight is 401 g/mol. The quantitative estimate of drug-likeness (QED) is 0.595. The molecule has 0 spiro atoms. The Labute approximate surface area is 136 Å². The van der Waals surface area contributed by atoms with Crippen LogP contribution in [0.15, 0.2) is 36.4 Å². The molecule has 0 unspecified atom stereocenters. The number of hydrogen-bond donors (Lipinski definition) is 2. The van der Waals surface area contributed by atoms with Gasteiger partial charge in [0.05, 0.1) is 10.6 Å². The standard InChI is InChI=1S/C15H14ClIN2O/c1-2-9-7-10(17)3-6-14(9)19-15(20)12-8-11(18)4-5-13(12)16/h3-8H,2,18H2,1H3,(H,19,20). The van der Waals surface area contributed by atoms with Crippen molar-refractivity contribution in [1.82, 2.24) is 0 Å². The second-order valence-corrected chi connectivity index (χ2v) is 6.00. The molecule has 0 aliphatic heterocycles. The average Bonchev–Trinajstić information content (AvgIpc) is 2.43. The van der Waals surface area contributed by atoms with E-state index in [0.717, 1.165) is 21.2 Å². The summed E-state index contributed by atoms with van der Waals surface area (Å²) in [6.07, 6.45) is 0.844. The summed E-state index contributed by atoms with van der Waals surface area (Å²) in [5, 5.41) is 3.28. The van der Waals surface area contributed by atoms with Crippen LogP contribution >= 0.6 is 34.2 Å². The summed E-state index contributed by atoms with van der Waals surface area (Å²) in [6, 6.07) is 10.8. The zero-order valence-electron chi connectivity index (χ0n) is 10.9. The first-order valence-electron chi connectivity index (χ1n) is 6.16. The largest absolute Gasteiger partial charge is 0.399 e. The number of carbonyl (C=O) groups is 1. The lowest BCUT2D eigenvalue weighted by atomic mass is 10.1. The minimum atomic E-state index is -0.252. The molecule has 104 valence electrons. The molecule has 0 saturated carbocycles. The highest BCUT2D eigenvalue weighted by Gasteiger charge is 2.12. The highest BCUT2D eigenvalue weighted by molar-refractivity contribution is 14.1. The van der Waals surface area contributed by atoms with Gasteiger partial charge in [0, 0.05) is 14.9 Å². The Morgan fingerprint density at radius 1 is 1.30 bits per heavy atom. The number of anilines is 2. The minimum absolute atomic E-state index is 0.252. The number of rotatable bonds is 3. The molecule has 3 N–H and O–H groups in total. The summed E-state index contributed by atoms with van der Waals surface area (Å²) in [6.45, 7) is 2.05. The van der Waals surface area contributed by atoms with Gasteiger partial charge in [0.15, 0.2) is 0 Å². The van der Waals surface area contributed by atoms with Crippen LogP contribution in [0.25, 0.3) is 0 Å². The summed E-state index contributed by atoms with van der Waals surface area (Å²) in [7, 11) is 0. The summed E-state index contributed by atoms with van der Waals surface area (Å²) in [5.41, 5.74) is 8.48. The Balaban J connectivity index is 2.30. The van der Waals surface area contributed by atoms with Crippen LogP contribution in [-0.4, -0.2) is 5.91 Å². The normalized spacial score (nSPS) is 10.3. The topological polar surface area (TPSA) is 55.1 Å². The van der Waals surface area contributed by atoms with E-state index in [2.05, 4.69) is 40.9 Å². The van der Waals surface area contributed by atoms with Crippen LogP contribution in [0, 0.1) is 3.57 Å². The second-order valence-electron chi connectivity index (χ2n) is 4.35. The van der Waals surface area contributed by atoms with E-state index in [9.17, 15) is 4.79 Å². The van der Waals surface area contributed by atoms with Crippen molar-refractivity contribution in [2.24, 2.45) is 0 Å². The smallest absolute Gasteiger partial charge is 0.257 e. The van der Waals surface area contributed by atoms with Crippen LogP contribution in [0.3, 0.4) is 0 Å². The molecule has 2 rings (SSSR count). The van der Waals surface area contributed by atoms with E-state index in [4.69, 9.17) is 17.3 Å². The Kier molecular flexibility index (Phi) is 4.88. The first-order chi connectivity index (χ1) is 9.51. The number of nitrogen functional groups attached to an aromatic ring is 1. The molecular formula is C15H14ClIN2O. The highest BCUT2D eigenvalue weighted by Crippen LogP contribution is 2.23. The fraction of sp³-hybridized carbons (Fsp3) is 0.133. The van der Waals surface area contributed by atoms with Crippen LogP contribution in [0.2, 0.25) is 5.02 Å². The molecule has 3 nitrogen and oxygen atoms in total. The van der Waals surface area contributed by atoms with Crippen LogP contribution in [0.5, 0.6) is 0 Å². The van der Waals surface area contributed by atoms with Gasteiger partial charge in [-0.1, -0.05) is 18.5 Å². The third kappa shape index (κ3) is 3.43. The molecule has 0 aliphatic carbocycles. The van der Waals surface area contributed by atoms with Gasteiger partial charge in [0.2, 0.25) is 0 Å². The molecule has 1 amide bonds. The number of carbonyl (C=O) groups excluding carboxylic acids is 1. The number of nitrogens with two attached hydrogens (primary N) is 1. The summed E-state index contributed by atoms with van der Waals surface area (Å²) in [5.74, 6) is -0.252. The Hall–Kier alpha value is -1.27. The molecule has 0 bridgehead atoms. The minimum Gasteiger partial charge on any atom is -0.399 e. The molecule has 0 aromatic heterocycles. The maximum atomic E-state index is 12.3. The van der Waals surface area contributed by atoms with E-state index in [1.807, 2.05) is 12.1 Å². The van der Waals surface area contributed by atoms with Crippen molar-refractivity contribution in [3.63, 3.8) is 0 Å². The van der Waals surface area contributed by atoms with Gasteiger partial charge < -0.3 is 11.1 Å². The lowest BCUT2D eigenvalue weighted by Crippen LogP contribution is -2.14. The Morgan fingerprint density at radius 3 is 2.75 bits per heavy atom. The predicted octanol–water partition coefficient (Wildman–Crippen LogP) is 4.34. The number of benzene rings is 2. The molecule has 0 atom stereocenters. The van der Waals surface area contributed by atoms with Crippen LogP contribution in [0.4, 0.5) is 11.4 Å². The number of nitrogens with one attached hydrogen (secondary N) is 1. The SMILES string of the molecule is CCc1cc(I)ccc1NC(=O)c1cc(N)ccc1Cl. The van der Waals surface area contributed by atoms with Crippen molar-refractivity contribution in [1.29, 1.82) is 0 Å². The van der Waals surface area contributed by atoms with E-state index in [1.54, 1.807) is 18.2 Å². The third-order valence-electron chi connectivity index (χ3n) is 2.93. The summed E-state index contributed by atoms with van der Waals surface area (Å²) < 4.78 is 1.14. The lowest BCUT2D eigenvalue weighted by Gasteiger charge is -2.11. The number of hydrogen-bond acceptors (Lipinski definition) is 2. The van der Waals surface area contributed by atoms with Crippen LogP contribution in [-0.2, 0) is 6.42 Å². The van der Waals surface area contributed by atoms with Crippen molar-refractivity contribution in [3.05, 3.63) is 56.1 Å². The molecule has 2 aromatic carbocycles.